The predicted molar refractivity (Wildman–Crippen MR) is 138 cm³/mol. The van der Waals surface area contributed by atoms with Crippen molar-refractivity contribution < 1.29 is 5.11 Å². The summed E-state index contributed by atoms with van der Waals surface area (Å²) in [4.78, 5) is 0. The molecule has 0 amide bonds. The summed E-state index contributed by atoms with van der Waals surface area (Å²) < 4.78 is 0. The molecule has 0 spiro atoms. The molecule has 0 atom stereocenters. The van der Waals surface area contributed by atoms with Gasteiger partial charge in [-0.05, 0) is 24.5 Å². The molecule has 0 fully saturated rings. The summed E-state index contributed by atoms with van der Waals surface area (Å²) in [5.41, 5.74) is 0.996. The standard InChI is InChI=1S/C30H53O/c1-2-3-4-5-6-7-8-9-10-11-12-13-14-15-16-17-18-19-20-21-22-23-26-29-27-24-25-28-30(29)31/h24-25,27-28H,2-23,26H2,1H3. The maximum Gasteiger partial charge on any atom is 0.181 e. The molecule has 1 nitrogen and oxygen atoms in total. The average Bonchev–Trinajstić information content (AvgIpc) is 2.78. The number of hydrogen-bond acceptors (Lipinski definition) is 0. The quantitative estimate of drug-likeness (QED) is 0.154. The van der Waals surface area contributed by atoms with E-state index in [0.717, 1.165) is 18.4 Å². The second kappa shape index (κ2) is 22.2. The number of aryl methyl sites for hydroxylation is 1. The molecule has 1 aromatic carbocycles. The van der Waals surface area contributed by atoms with Crippen LogP contribution >= 0.6 is 0 Å². The lowest BCUT2D eigenvalue weighted by molar-refractivity contribution is 0.349. The minimum atomic E-state index is 0.214. The van der Waals surface area contributed by atoms with Gasteiger partial charge in [0, 0.05) is 0 Å². The van der Waals surface area contributed by atoms with Crippen molar-refractivity contribution in [2.75, 3.05) is 0 Å². The van der Waals surface area contributed by atoms with Crippen LogP contribution in [0.2, 0.25) is 0 Å². The van der Waals surface area contributed by atoms with Crippen molar-refractivity contribution in [3.05, 3.63) is 29.8 Å². The van der Waals surface area contributed by atoms with Crippen LogP contribution in [0.4, 0.5) is 0 Å². The second-order valence-corrected chi connectivity index (χ2v) is 9.78. The fourth-order valence-corrected chi connectivity index (χ4v) is 4.63. The van der Waals surface area contributed by atoms with Crippen molar-refractivity contribution in [1.82, 2.24) is 0 Å². The Morgan fingerprint density at radius 3 is 1.13 bits per heavy atom. The summed E-state index contributed by atoms with van der Waals surface area (Å²) >= 11 is 0. The molecule has 179 valence electrons. The first-order valence-electron chi connectivity index (χ1n) is 14.1. The van der Waals surface area contributed by atoms with Crippen molar-refractivity contribution in [2.24, 2.45) is 0 Å². The van der Waals surface area contributed by atoms with Gasteiger partial charge in [0.1, 0.15) is 0 Å². The minimum Gasteiger partial charge on any atom is -0.290 e. The third-order valence-corrected chi connectivity index (χ3v) is 6.77. The molecule has 0 heterocycles. The first kappa shape index (κ1) is 28.1. The van der Waals surface area contributed by atoms with Gasteiger partial charge in [-0.25, -0.2) is 0 Å². The van der Waals surface area contributed by atoms with E-state index in [9.17, 15) is 5.11 Å². The molecule has 0 N–H and O–H groups in total. The zero-order chi connectivity index (χ0) is 22.2. The smallest absolute Gasteiger partial charge is 0.181 e. The van der Waals surface area contributed by atoms with Crippen LogP contribution in [0.3, 0.4) is 0 Å². The fraction of sp³-hybridized carbons (Fsp3) is 0.800. The summed E-state index contributed by atoms with van der Waals surface area (Å²) in [5, 5.41) is 11.7. The van der Waals surface area contributed by atoms with Crippen molar-refractivity contribution >= 4 is 0 Å². The highest BCUT2D eigenvalue weighted by atomic mass is 16.3. The van der Waals surface area contributed by atoms with Gasteiger partial charge in [0.05, 0.1) is 0 Å². The van der Waals surface area contributed by atoms with E-state index >= 15 is 0 Å². The van der Waals surface area contributed by atoms with Gasteiger partial charge in [0.2, 0.25) is 0 Å². The van der Waals surface area contributed by atoms with Crippen molar-refractivity contribution in [3.63, 3.8) is 0 Å². The summed E-state index contributed by atoms with van der Waals surface area (Å²) in [5.74, 6) is 0.214. The number of rotatable bonds is 23. The molecule has 0 aliphatic carbocycles. The fourth-order valence-electron chi connectivity index (χ4n) is 4.63. The van der Waals surface area contributed by atoms with E-state index in [0.29, 0.717) is 0 Å². The lowest BCUT2D eigenvalue weighted by Gasteiger charge is -2.04. The lowest BCUT2D eigenvalue weighted by Crippen LogP contribution is -1.87. The molecule has 1 radical (unpaired) electrons. The third-order valence-electron chi connectivity index (χ3n) is 6.77. The zero-order valence-corrected chi connectivity index (χ0v) is 21.0. The van der Waals surface area contributed by atoms with Crippen LogP contribution < -0.4 is 0 Å². The molecule has 1 rings (SSSR count). The summed E-state index contributed by atoms with van der Waals surface area (Å²) in [7, 11) is 0. The Labute approximate surface area is 195 Å². The lowest BCUT2D eigenvalue weighted by atomic mass is 10.0. The van der Waals surface area contributed by atoms with Crippen molar-refractivity contribution in [2.45, 2.75) is 155 Å². The molecule has 31 heavy (non-hydrogen) atoms. The van der Waals surface area contributed by atoms with Gasteiger partial charge in [-0.15, -0.1) is 0 Å². The van der Waals surface area contributed by atoms with Gasteiger partial charge in [-0.1, -0.05) is 160 Å². The maximum atomic E-state index is 11.7. The van der Waals surface area contributed by atoms with E-state index in [2.05, 4.69) is 6.92 Å². The molecule has 0 saturated heterocycles. The van der Waals surface area contributed by atoms with Crippen LogP contribution in [-0.4, -0.2) is 0 Å². The SMILES string of the molecule is CCCCCCCCCCCCCCCCCCCCCCCCc1ccccc1[O]. The van der Waals surface area contributed by atoms with Crippen LogP contribution in [0.1, 0.15) is 154 Å². The van der Waals surface area contributed by atoms with Crippen molar-refractivity contribution in [3.8, 4) is 5.75 Å². The maximum absolute atomic E-state index is 11.7. The van der Waals surface area contributed by atoms with Crippen LogP contribution in [0, 0.1) is 0 Å². The average molecular weight is 430 g/mol. The Hall–Kier alpha value is -0.980. The highest BCUT2D eigenvalue weighted by Gasteiger charge is 2.01. The minimum absolute atomic E-state index is 0.214. The first-order chi connectivity index (χ1) is 15.3. The van der Waals surface area contributed by atoms with Crippen molar-refractivity contribution in [1.29, 1.82) is 0 Å². The van der Waals surface area contributed by atoms with Crippen LogP contribution in [0.15, 0.2) is 24.3 Å². The topological polar surface area (TPSA) is 19.9 Å². The Morgan fingerprint density at radius 2 is 0.774 bits per heavy atom. The molecule has 0 unspecified atom stereocenters. The molecular formula is C30H53O. The second-order valence-electron chi connectivity index (χ2n) is 9.78. The molecule has 0 aliphatic heterocycles. The van der Waals surface area contributed by atoms with Crippen LogP contribution in [0.5, 0.6) is 5.75 Å². The third kappa shape index (κ3) is 18.3. The predicted octanol–water partition coefficient (Wildman–Crippen LogP) is 11.0. The van der Waals surface area contributed by atoms with Gasteiger partial charge in [-0.3, -0.25) is 5.11 Å². The molecule has 1 aromatic rings. The molecule has 0 aliphatic rings. The van der Waals surface area contributed by atoms with Gasteiger partial charge in [0.25, 0.3) is 0 Å². The van der Waals surface area contributed by atoms with E-state index < -0.39 is 0 Å². The van der Waals surface area contributed by atoms with Crippen LogP contribution in [-0.2, 0) is 11.5 Å². The summed E-state index contributed by atoms with van der Waals surface area (Å²) in [6.45, 7) is 2.30. The van der Waals surface area contributed by atoms with E-state index in [-0.39, 0.29) is 5.75 Å². The normalized spacial score (nSPS) is 11.3. The van der Waals surface area contributed by atoms with Crippen LogP contribution in [0.25, 0.3) is 0 Å². The Bertz CT molecular complexity index is 481. The van der Waals surface area contributed by atoms with Gasteiger partial charge in [-0.2, -0.15) is 0 Å². The molecule has 0 aromatic heterocycles. The summed E-state index contributed by atoms with van der Waals surface area (Å²) in [6.07, 6.45) is 32.2. The van der Waals surface area contributed by atoms with Gasteiger partial charge < -0.3 is 0 Å². The molecule has 0 bridgehead atoms. The zero-order valence-electron chi connectivity index (χ0n) is 21.0. The molecule has 0 saturated carbocycles. The Morgan fingerprint density at radius 1 is 0.452 bits per heavy atom. The van der Waals surface area contributed by atoms with Gasteiger partial charge in [0.15, 0.2) is 5.75 Å². The number of para-hydroxylation sites is 1. The van der Waals surface area contributed by atoms with E-state index in [1.54, 1.807) is 6.07 Å². The number of hydrogen-bond donors (Lipinski definition) is 0. The van der Waals surface area contributed by atoms with E-state index in [1.807, 2.05) is 18.2 Å². The summed E-state index contributed by atoms with van der Waals surface area (Å²) in [6, 6.07) is 7.49. The highest BCUT2D eigenvalue weighted by molar-refractivity contribution is 5.31. The molecule has 1 heteroatoms. The van der Waals surface area contributed by atoms with E-state index in [1.165, 1.54) is 135 Å². The Kier molecular flexibility index (Phi) is 20.1. The first-order valence-corrected chi connectivity index (χ1v) is 14.1. The van der Waals surface area contributed by atoms with Gasteiger partial charge >= 0.3 is 0 Å². The number of benzene rings is 1. The Balaban J connectivity index is 1.69. The monoisotopic (exact) mass is 429 g/mol. The van der Waals surface area contributed by atoms with E-state index in [4.69, 9.17) is 0 Å². The largest absolute Gasteiger partial charge is 0.290 e. The highest BCUT2D eigenvalue weighted by Crippen LogP contribution is 2.20. The number of unbranched alkanes of at least 4 members (excludes halogenated alkanes) is 21. The molecular weight excluding hydrogens is 376 g/mol.